The Labute approximate surface area is 120 Å². The third-order valence-electron chi connectivity index (χ3n) is 2.34. The van der Waals surface area contributed by atoms with Gasteiger partial charge in [-0.05, 0) is 12.0 Å². The predicted octanol–water partition coefficient (Wildman–Crippen LogP) is 3.57. The molecule has 2 rings (SSSR count). The summed E-state index contributed by atoms with van der Waals surface area (Å²) in [5.41, 5.74) is 1.25. The van der Waals surface area contributed by atoms with Gasteiger partial charge in [0.1, 0.15) is 0 Å². The van der Waals surface area contributed by atoms with Crippen LogP contribution >= 0.6 is 23.1 Å². The van der Waals surface area contributed by atoms with Crippen LogP contribution in [-0.4, -0.2) is 16.1 Å². The van der Waals surface area contributed by atoms with Gasteiger partial charge in [0, 0.05) is 12.2 Å². The molecule has 0 spiro atoms. The van der Waals surface area contributed by atoms with Crippen molar-refractivity contribution in [3.8, 4) is 0 Å². The van der Waals surface area contributed by atoms with E-state index in [1.807, 2.05) is 25.1 Å². The van der Waals surface area contributed by atoms with Crippen LogP contribution in [-0.2, 0) is 10.5 Å². The molecule has 0 aliphatic carbocycles. The molecule has 2 aromatic rings. The van der Waals surface area contributed by atoms with Crippen LogP contribution in [0.5, 0.6) is 0 Å². The molecule has 1 N–H and O–H groups in total. The van der Waals surface area contributed by atoms with E-state index in [-0.39, 0.29) is 5.91 Å². The Morgan fingerprint density at radius 2 is 2.11 bits per heavy atom. The summed E-state index contributed by atoms with van der Waals surface area (Å²) in [5.74, 6) is 0.858. The van der Waals surface area contributed by atoms with Gasteiger partial charge in [-0.3, -0.25) is 4.79 Å². The first-order valence-electron chi connectivity index (χ1n) is 6.08. The SMILES string of the molecule is CCCC(=O)Nc1nnc(SCc2ccccc2)s1. The molecule has 0 fully saturated rings. The largest absolute Gasteiger partial charge is 0.301 e. The zero-order valence-electron chi connectivity index (χ0n) is 10.6. The first kappa shape index (κ1) is 14.0. The van der Waals surface area contributed by atoms with E-state index in [4.69, 9.17) is 0 Å². The summed E-state index contributed by atoms with van der Waals surface area (Å²) >= 11 is 3.04. The normalized spacial score (nSPS) is 10.4. The third kappa shape index (κ3) is 4.65. The van der Waals surface area contributed by atoms with Crippen molar-refractivity contribution >= 4 is 34.1 Å². The number of hydrogen-bond donors (Lipinski definition) is 1. The first-order valence-corrected chi connectivity index (χ1v) is 7.88. The molecule has 1 amide bonds. The number of amides is 1. The van der Waals surface area contributed by atoms with Gasteiger partial charge in [-0.25, -0.2) is 0 Å². The van der Waals surface area contributed by atoms with Gasteiger partial charge in [0.2, 0.25) is 11.0 Å². The first-order chi connectivity index (χ1) is 9.28. The number of anilines is 1. The smallest absolute Gasteiger partial charge is 0.226 e. The lowest BCUT2D eigenvalue weighted by Gasteiger charge is -1.97. The van der Waals surface area contributed by atoms with Crippen molar-refractivity contribution < 1.29 is 4.79 Å². The highest BCUT2D eigenvalue weighted by Crippen LogP contribution is 2.28. The molecule has 0 radical (unpaired) electrons. The molecule has 1 heterocycles. The monoisotopic (exact) mass is 293 g/mol. The Morgan fingerprint density at radius 1 is 1.32 bits per heavy atom. The van der Waals surface area contributed by atoms with Crippen LogP contribution in [0.4, 0.5) is 5.13 Å². The summed E-state index contributed by atoms with van der Waals surface area (Å²) in [6, 6.07) is 10.2. The average molecular weight is 293 g/mol. The van der Waals surface area contributed by atoms with Crippen molar-refractivity contribution in [3.63, 3.8) is 0 Å². The molecule has 0 saturated heterocycles. The summed E-state index contributed by atoms with van der Waals surface area (Å²) in [5, 5.41) is 11.4. The zero-order chi connectivity index (χ0) is 13.5. The summed E-state index contributed by atoms with van der Waals surface area (Å²) in [7, 11) is 0. The topological polar surface area (TPSA) is 54.9 Å². The van der Waals surface area contributed by atoms with E-state index in [2.05, 4.69) is 27.6 Å². The van der Waals surface area contributed by atoms with Crippen LogP contribution in [0.25, 0.3) is 0 Å². The molecule has 0 unspecified atom stereocenters. The molecule has 0 bridgehead atoms. The molecule has 0 atom stereocenters. The van der Waals surface area contributed by atoms with Crippen molar-refractivity contribution in [1.82, 2.24) is 10.2 Å². The number of aromatic nitrogens is 2. The predicted molar refractivity (Wildman–Crippen MR) is 79.4 cm³/mol. The van der Waals surface area contributed by atoms with Crippen molar-refractivity contribution in [3.05, 3.63) is 35.9 Å². The summed E-state index contributed by atoms with van der Waals surface area (Å²) in [6.07, 6.45) is 1.35. The van der Waals surface area contributed by atoms with Gasteiger partial charge < -0.3 is 5.32 Å². The van der Waals surface area contributed by atoms with E-state index in [1.165, 1.54) is 16.9 Å². The zero-order valence-corrected chi connectivity index (χ0v) is 12.3. The van der Waals surface area contributed by atoms with Gasteiger partial charge >= 0.3 is 0 Å². The molecule has 1 aromatic heterocycles. The Balaban J connectivity index is 1.85. The lowest BCUT2D eigenvalue weighted by molar-refractivity contribution is -0.116. The number of nitrogens with one attached hydrogen (secondary N) is 1. The quantitative estimate of drug-likeness (QED) is 0.653. The minimum Gasteiger partial charge on any atom is -0.301 e. The van der Waals surface area contributed by atoms with E-state index >= 15 is 0 Å². The fourth-order valence-corrected chi connectivity index (χ4v) is 3.17. The molecular formula is C13H15N3OS2. The number of hydrogen-bond acceptors (Lipinski definition) is 5. The maximum atomic E-state index is 11.4. The van der Waals surface area contributed by atoms with Crippen molar-refractivity contribution in [2.45, 2.75) is 29.9 Å². The van der Waals surface area contributed by atoms with Crippen LogP contribution in [0, 0.1) is 0 Å². The maximum Gasteiger partial charge on any atom is 0.226 e. The Hall–Kier alpha value is -1.40. The second kappa shape index (κ2) is 7.25. The Morgan fingerprint density at radius 3 is 2.84 bits per heavy atom. The summed E-state index contributed by atoms with van der Waals surface area (Å²) in [6.45, 7) is 1.97. The second-order valence-corrected chi connectivity index (χ2v) is 6.15. The van der Waals surface area contributed by atoms with Gasteiger partial charge in [0.15, 0.2) is 4.34 Å². The molecule has 4 nitrogen and oxygen atoms in total. The van der Waals surface area contributed by atoms with Crippen molar-refractivity contribution in [2.24, 2.45) is 0 Å². The Bertz CT molecular complexity index is 528. The molecular weight excluding hydrogens is 278 g/mol. The van der Waals surface area contributed by atoms with Crippen LogP contribution in [0.15, 0.2) is 34.7 Å². The molecule has 0 aliphatic rings. The van der Waals surface area contributed by atoms with Gasteiger partial charge in [-0.1, -0.05) is 60.4 Å². The Kier molecular flexibility index (Phi) is 5.35. The van der Waals surface area contributed by atoms with E-state index < -0.39 is 0 Å². The van der Waals surface area contributed by atoms with Gasteiger partial charge in [0.05, 0.1) is 0 Å². The van der Waals surface area contributed by atoms with Crippen molar-refractivity contribution in [2.75, 3.05) is 5.32 Å². The molecule has 0 saturated carbocycles. The number of rotatable bonds is 6. The van der Waals surface area contributed by atoms with Gasteiger partial charge in [-0.2, -0.15) is 0 Å². The second-order valence-electron chi connectivity index (χ2n) is 3.95. The van der Waals surface area contributed by atoms with Crippen LogP contribution in [0.2, 0.25) is 0 Å². The highest BCUT2D eigenvalue weighted by atomic mass is 32.2. The van der Waals surface area contributed by atoms with E-state index in [0.717, 1.165) is 16.5 Å². The fourth-order valence-electron chi connectivity index (χ4n) is 1.45. The lowest BCUT2D eigenvalue weighted by Crippen LogP contribution is -2.10. The van der Waals surface area contributed by atoms with Crippen LogP contribution in [0.3, 0.4) is 0 Å². The summed E-state index contributed by atoms with van der Waals surface area (Å²) in [4.78, 5) is 11.4. The molecule has 0 aliphatic heterocycles. The minimum absolute atomic E-state index is 0.00161. The minimum atomic E-state index is -0.00161. The van der Waals surface area contributed by atoms with Crippen LogP contribution < -0.4 is 5.32 Å². The number of thioether (sulfide) groups is 1. The molecule has 100 valence electrons. The van der Waals surface area contributed by atoms with E-state index in [0.29, 0.717) is 11.6 Å². The highest BCUT2D eigenvalue weighted by molar-refractivity contribution is 8.00. The number of carbonyl (C=O) groups is 1. The molecule has 1 aromatic carbocycles. The van der Waals surface area contributed by atoms with E-state index in [1.54, 1.807) is 11.8 Å². The van der Waals surface area contributed by atoms with Gasteiger partial charge in [-0.15, -0.1) is 10.2 Å². The fraction of sp³-hybridized carbons (Fsp3) is 0.308. The summed E-state index contributed by atoms with van der Waals surface area (Å²) < 4.78 is 0.871. The van der Waals surface area contributed by atoms with Crippen LogP contribution in [0.1, 0.15) is 25.3 Å². The standard InChI is InChI=1S/C13H15N3OS2/c1-2-6-11(17)14-12-15-16-13(19-12)18-9-10-7-4-3-5-8-10/h3-5,7-8H,2,6,9H2,1H3,(H,14,15,17). The lowest BCUT2D eigenvalue weighted by atomic mass is 10.2. The number of nitrogens with zero attached hydrogens (tertiary/aromatic N) is 2. The van der Waals surface area contributed by atoms with E-state index in [9.17, 15) is 4.79 Å². The van der Waals surface area contributed by atoms with Gasteiger partial charge in [0.25, 0.3) is 0 Å². The number of benzene rings is 1. The molecule has 19 heavy (non-hydrogen) atoms. The third-order valence-corrected chi connectivity index (χ3v) is 4.38. The number of carbonyl (C=O) groups excluding carboxylic acids is 1. The van der Waals surface area contributed by atoms with Crippen molar-refractivity contribution in [1.29, 1.82) is 0 Å². The highest BCUT2D eigenvalue weighted by Gasteiger charge is 2.07. The molecule has 6 heteroatoms. The maximum absolute atomic E-state index is 11.4. The average Bonchev–Trinajstić information content (AvgIpc) is 2.85.